The second-order valence-corrected chi connectivity index (χ2v) is 8.61. The Morgan fingerprint density at radius 1 is 0.794 bits per heavy atom. The molecule has 0 aliphatic heterocycles. The molecule has 0 fully saturated rings. The van der Waals surface area contributed by atoms with Crippen molar-refractivity contribution in [1.29, 1.82) is 0 Å². The number of aromatic nitrogens is 1. The summed E-state index contributed by atoms with van der Waals surface area (Å²) in [6.45, 7) is 5.32. The molecule has 1 aliphatic carbocycles. The van der Waals surface area contributed by atoms with Gasteiger partial charge in [-0.3, -0.25) is 0 Å². The number of hydrogen-bond acceptors (Lipinski definition) is 0. The normalized spacial score (nSPS) is 18.6. The quantitative estimate of drug-likeness (QED) is 0.281. The van der Waals surface area contributed by atoms with Crippen molar-refractivity contribution in [2.45, 2.75) is 33.2 Å². The Balaban J connectivity index is 0.00000133. The molecule has 0 amide bonds. The molecule has 5 rings (SSSR count). The molecule has 0 saturated heterocycles. The fourth-order valence-electron chi connectivity index (χ4n) is 4.79. The Morgan fingerprint density at radius 2 is 1.41 bits per heavy atom. The highest BCUT2D eigenvalue weighted by molar-refractivity contribution is 6.08. The molecule has 0 radical (unpaired) electrons. The highest BCUT2D eigenvalue weighted by atomic mass is 15.0. The average molecular weight is 442 g/mol. The zero-order valence-corrected chi connectivity index (χ0v) is 20.0. The molecule has 0 atom stereocenters. The average Bonchev–Trinajstić information content (AvgIpc) is 3.20. The lowest BCUT2D eigenvalue weighted by molar-refractivity contribution is 0.897. The van der Waals surface area contributed by atoms with Crippen LogP contribution >= 0.6 is 0 Å². The van der Waals surface area contributed by atoms with Crippen molar-refractivity contribution in [2.75, 3.05) is 0 Å². The third-order valence-corrected chi connectivity index (χ3v) is 6.55. The minimum absolute atomic E-state index is 0.856. The van der Waals surface area contributed by atoms with Crippen molar-refractivity contribution in [3.8, 4) is 12.8 Å². The van der Waals surface area contributed by atoms with Crippen LogP contribution in [0.1, 0.15) is 31.4 Å². The number of nitrogens with zero attached hydrogens (tertiary/aromatic N) is 1. The lowest BCUT2D eigenvalue weighted by atomic mass is 9.92. The number of para-hydroxylation sites is 2. The molecule has 1 nitrogen and oxygen atoms in total. The summed E-state index contributed by atoms with van der Waals surface area (Å²) >= 11 is 0. The monoisotopic (exact) mass is 441 g/mol. The fourth-order valence-corrected chi connectivity index (χ4v) is 4.79. The molecular formula is C33H31N. The molecule has 0 spiro atoms. The van der Waals surface area contributed by atoms with E-state index >= 15 is 0 Å². The second-order valence-electron chi connectivity index (χ2n) is 8.61. The van der Waals surface area contributed by atoms with E-state index in [2.05, 4.69) is 134 Å². The minimum atomic E-state index is 0.856. The summed E-state index contributed by atoms with van der Waals surface area (Å²) in [5.74, 6) is 0. The molecule has 0 saturated carbocycles. The summed E-state index contributed by atoms with van der Waals surface area (Å²) in [6, 6.07) is 26.2. The van der Waals surface area contributed by atoms with Gasteiger partial charge in [0.2, 0.25) is 0 Å². The van der Waals surface area contributed by atoms with Crippen LogP contribution in [0, 0.1) is 12.8 Å². The summed E-state index contributed by atoms with van der Waals surface area (Å²) < 4.78 is 2.43. The summed E-state index contributed by atoms with van der Waals surface area (Å²) in [5.41, 5.74) is 9.42. The first-order valence-corrected chi connectivity index (χ1v) is 11.8. The summed E-state index contributed by atoms with van der Waals surface area (Å²) in [5, 5.41) is 2.65. The molecule has 1 aliphatic rings. The topological polar surface area (TPSA) is 4.93 Å². The van der Waals surface area contributed by atoms with Crippen molar-refractivity contribution in [2.24, 2.45) is 0 Å². The fraction of sp³-hybridized carbons (Fsp3) is 0.152. The van der Waals surface area contributed by atoms with Crippen molar-refractivity contribution in [3.05, 3.63) is 125 Å². The molecular weight excluding hydrogens is 410 g/mol. The summed E-state index contributed by atoms with van der Waals surface area (Å²) in [6.07, 6.45) is 21.4. The van der Waals surface area contributed by atoms with Crippen molar-refractivity contribution in [3.63, 3.8) is 0 Å². The largest absolute Gasteiger partial charge is 0.337 e. The second kappa shape index (κ2) is 10.7. The van der Waals surface area contributed by atoms with Gasteiger partial charge in [0.25, 0.3) is 0 Å². The van der Waals surface area contributed by atoms with E-state index in [0.29, 0.717) is 0 Å². The zero-order valence-electron chi connectivity index (χ0n) is 20.0. The van der Waals surface area contributed by atoms with E-state index in [9.17, 15) is 0 Å². The van der Waals surface area contributed by atoms with Gasteiger partial charge in [0, 0.05) is 28.4 Å². The molecule has 0 N–H and O–H groups in total. The third-order valence-electron chi connectivity index (χ3n) is 6.55. The van der Waals surface area contributed by atoms with E-state index in [1.807, 2.05) is 0 Å². The van der Waals surface area contributed by atoms with Gasteiger partial charge in [0.1, 0.15) is 0 Å². The Labute approximate surface area is 203 Å². The van der Waals surface area contributed by atoms with Crippen LogP contribution in [0.5, 0.6) is 0 Å². The van der Waals surface area contributed by atoms with Gasteiger partial charge in [-0.1, -0.05) is 96.6 Å². The highest BCUT2D eigenvalue weighted by Gasteiger charge is 2.10. The van der Waals surface area contributed by atoms with E-state index in [4.69, 9.17) is 0 Å². The smallest absolute Gasteiger partial charge is 0.0494 e. The van der Waals surface area contributed by atoms with Gasteiger partial charge in [0.05, 0.1) is 0 Å². The predicted octanol–water partition coefficient (Wildman–Crippen LogP) is 8.52. The predicted molar refractivity (Wildman–Crippen MR) is 149 cm³/mol. The van der Waals surface area contributed by atoms with Crippen molar-refractivity contribution >= 4 is 27.4 Å². The van der Waals surface area contributed by atoms with E-state index in [1.54, 1.807) is 0 Å². The molecule has 168 valence electrons. The van der Waals surface area contributed by atoms with Gasteiger partial charge in [-0.15, -0.1) is 12.8 Å². The summed E-state index contributed by atoms with van der Waals surface area (Å²) in [7, 11) is 0. The first-order chi connectivity index (χ1) is 16.7. The first-order valence-electron chi connectivity index (χ1n) is 11.8. The maximum Gasteiger partial charge on any atom is 0.0494 e. The number of hydrogen-bond donors (Lipinski definition) is 0. The molecule has 1 heteroatoms. The van der Waals surface area contributed by atoms with E-state index in [0.717, 1.165) is 19.4 Å². The minimum Gasteiger partial charge on any atom is -0.337 e. The van der Waals surface area contributed by atoms with Gasteiger partial charge >= 0.3 is 0 Å². The van der Waals surface area contributed by atoms with Crippen LogP contribution < -0.4 is 0 Å². The molecule has 0 unspecified atom stereocenters. The molecule has 4 aromatic rings. The van der Waals surface area contributed by atoms with Crippen molar-refractivity contribution < 1.29 is 0 Å². The van der Waals surface area contributed by atoms with E-state index < -0.39 is 0 Å². The lowest BCUT2D eigenvalue weighted by Crippen LogP contribution is -1.97. The Morgan fingerprint density at radius 3 is 2.12 bits per heavy atom. The number of benzene rings is 3. The first kappa shape index (κ1) is 23.1. The van der Waals surface area contributed by atoms with Crippen LogP contribution in [0.2, 0.25) is 0 Å². The Kier molecular flexibility index (Phi) is 7.31. The van der Waals surface area contributed by atoms with E-state index in [1.165, 1.54) is 49.7 Å². The van der Waals surface area contributed by atoms with Gasteiger partial charge in [0.15, 0.2) is 0 Å². The molecule has 3 aromatic carbocycles. The van der Waals surface area contributed by atoms with Crippen LogP contribution in [0.3, 0.4) is 0 Å². The van der Waals surface area contributed by atoms with Gasteiger partial charge in [-0.2, -0.15) is 0 Å². The Bertz CT molecular complexity index is 1400. The zero-order chi connectivity index (χ0) is 23.9. The van der Waals surface area contributed by atoms with Crippen LogP contribution in [-0.2, 0) is 13.0 Å². The molecule has 1 heterocycles. The standard InChI is InChI=1S/C31H29N.C2H2/c1-23-11-9-13-26-12-3-4-15-27(26)24(2)25(21-20-23)14-10-22-32-30-18-7-5-16-28(30)29-17-6-8-19-31(29)32;1-2/h3-12,14-20H,13,21-22H2,1-2H3;1-2H/b11-9-,14-10-,23-20-,25-24-;. The Hall–Kier alpha value is -4.02. The number of allylic oxidation sites excluding steroid dienone is 8. The number of rotatable bonds is 3. The van der Waals surface area contributed by atoms with Gasteiger partial charge in [-0.25, -0.2) is 0 Å². The third kappa shape index (κ3) is 4.68. The number of terminal acetylenes is 1. The highest BCUT2D eigenvalue weighted by Crippen LogP contribution is 2.30. The molecule has 0 bridgehead atoms. The SMILES string of the molecule is C#C.CC1=C/CC(/C=C\Cn2c3ccccc3c3ccccc32)=C(/C)c2ccccc2C/C=C\1. The maximum atomic E-state index is 4.00. The summed E-state index contributed by atoms with van der Waals surface area (Å²) in [4.78, 5) is 0. The van der Waals surface area contributed by atoms with Crippen LogP contribution in [0.15, 0.2) is 114 Å². The van der Waals surface area contributed by atoms with E-state index in [-0.39, 0.29) is 0 Å². The molecule has 34 heavy (non-hydrogen) atoms. The molecule has 1 aromatic heterocycles. The maximum absolute atomic E-state index is 4.00. The van der Waals surface area contributed by atoms with Crippen LogP contribution in [0.25, 0.3) is 27.4 Å². The van der Waals surface area contributed by atoms with Gasteiger partial charge in [-0.05, 0) is 61.1 Å². The van der Waals surface area contributed by atoms with Crippen LogP contribution in [-0.4, -0.2) is 4.57 Å². The number of fused-ring (bicyclic) bond motifs is 4. The van der Waals surface area contributed by atoms with Crippen LogP contribution in [0.4, 0.5) is 0 Å². The lowest BCUT2D eigenvalue weighted by Gasteiger charge is -2.14. The van der Waals surface area contributed by atoms with Crippen molar-refractivity contribution in [1.82, 2.24) is 4.57 Å². The van der Waals surface area contributed by atoms with Gasteiger partial charge < -0.3 is 4.57 Å².